The van der Waals surface area contributed by atoms with Gasteiger partial charge in [-0.3, -0.25) is 4.79 Å². The molecule has 19 heavy (non-hydrogen) atoms. The Kier molecular flexibility index (Phi) is 4.48. The number of halogens is 1. The van der Waals surface area contributed by atoms with Crippen LogP contribution in [0.1, 0.15) is 31.7 Å². The van der Waals surface area contributed by atoms with Crippen LogP contribution in [-0.4, -0.2) is 23.7 Å². The molecule has 3 nitrogen and oxygen atoms in total. The lowest BCUT2D eigenvalue weighted by atomic mass is 9.85. The third kappa shape index (κ3) is 3.48. The van der Waals surface area contributed by atoms with Gasteiger partial charge in [0.1, 0.15) is 0 Å². The molecular weight excluding hydrogens is 262 g/mol. The number of carbonyl (C=O) groups is 1. The Morgan fingerprint density at radius 1 is 1.47 bits per heavy atom. The van der Waals surface area contributed by atoms with Gasteiger partial charge < -0.3 is 10.4 Å². The Balaban J connectivity index is 1.92. The highest BCUT2D eigenvalue weighted by Crippen LogP contribution is 2.37. The van der Waals surface area contributed by atoms with Crippen molar-refractivity contribution in [3.63, 3.8) is 0 Å². The molecule has 0 aliphatic heterocycles. The Bertz CT molecular complexity index is 446. The van der Waals surface area contributed by atoms with E-state index < -0.39 is 0 Å². The molecule has 0 aromatic heterocycles. The first-order valence-corrected chi connectivity index (χ1v) is 7.06. The van der Waals surface area contributed by atoms with E-state index in [1.165, 1.54) is 0 Å². The van der Waals surface area contributed by atoms with Crippen LogP contribution in [0.2, 0.25) is 5.02 Å². The standard InChI is InChI=1S/C15H20ClNO2/c1-15(10-18)8-2-3-13(15)17-14(19)9-11-4-6-12(16)7-5-11/h4-7,13,18H,2-3,8-10H2,1H3,(H,17,19). The molecule has 1 aliphatic carbocycles. The van der Waals surface area contributed by atoms with Crippen molar-refractivity contribution in [2.75, 3.05) is 6.61 Å². The molecule has 104 valence electrons. The van der Waals surface area contributed by atoms with Gasteiger partial charge in [0, 0.05) is 16.5 Å². The zero-order valence-electron chi connectivity index (χ0n) is 11.2. The van der Waals surface area contributed by atoms with Crippen molar-refractivity contribution in [3.05, 3.63) is 34.9 Å². The van der Waals surface area contributed by atoms with Crippen LogP contribution in [-0.2, 0) is 11.2 Å². The summed E-state index contributed by atoms with van der Waals surface area (Å²) in [5, 5.41) is 13.2. The van der Waals surface area contributed by atoms with E-state index in [1.54, 1.807) is 12.1 Å². The number of benzene rings is 1. The van der Waals surface area contributed by atoms with Crippen LogP contribution in [0.5, 0.6) is 0 Å². The molecule has 1 aliphatic rings. The molecule has 0 heterocycles. The lowest BCUT2D eigenvalue weighted by molar-refractivity contribution is -0.122. The molecule has 1 aromatic rings. The number of carbonyl (C=O) groups excluding carboxylic acids is 1. The van der Waals surface area contributed by atoms with Crippen molar-refractivity contribution in [2.24, 2.45) is 5.41 Å². The van der Waals surface area contributed by atoms with E-state index in [-0.39, 0.29) is 24.0 Å². The summed E-state index contributed by atoms with van der Waals surface area (Å²) in [5.41, 5.74) is 0.779. The van der Waals surface area contributed by atoms with Crippen molar-refractivity contribution in [2.45, 2.75) is 38.6 Å². The smallest absolute Gasteiger partial charge is 0.224 e. The van der Waals surface area contributed by atoms with Crippen LogP contribution >= 0.6 is 11.6 Å². The Morgan fingerprint density at radius 3 is 2.79 bits per heavy atom. The molecule has 1 aromatic carbocycles. The summed E-state index contributed by atoms with van der Waals surface area (Å²) in [4.78, 5) is 12.0. The van der Waals surface area contributed by atoms with Crippen LogP contribution in [0.4, 0.5) is 0 Å². The van der Waals surface area contributed by atoms with Crippen LogP contribution in [0.25, 0.3) is 0 Å². The van der Waals surface area contributed by atoms with Gasteiger partial charge in [-0.05, 0) is 30.5 Å². The van der Waals surface area contributed by atoms with E-state index in [0.29, 0.717) is 11.4 Å². The average Bonchev–Trinajstić information content (AvgIpc) is 2.74. The van der Waals surface area contributed by atoms with Crippen molar-refractivity contribution >= 4 is 17.5 Å². The molecule has 1 saturated carbocycles. The Morgan fingerprint density at radius 2 is 2.16 bits per heavy atom. The molecule has 0 spiro atoms. The van der Waals surface area contributed by atoms with Crippen LogP contribution in [0.15, 0.2) is 24.3 Å². The summed E-state index contributed by atoms with van der Waals surface area (Å²) < 4.78 is 0. The summed E-state index contributed by atoms with van der Waals surface area (Å²) in [6, 6.07) is 7.39. The molecular formula is C15H20ClNO2. The zero-order chi connectivity index (χ0) is 13.9. The van der Waals surface area contributed by atoms with Crippen molar-refractivity contribution in [1.29, 1.82) is 0 Å². The molecule has 0 saturated heterocycles. The third-order valence-corrected chi connectivity index (χ3v) is 4.31. The topological polar surface area (TPSA) is 49.3 Å². The first-order chi connectivity index (χ1) is 9.03. The summed E-state index contributed by atoms with van der Waals surface area (Å²) in [6.45, 7) is 2.16. The minimum absolute atomic E-state index is 0.00824. The fourth-order valence-corrected chi connectivity index (χ4v) is 2.83. The number of amides is 1. The van der Waals surface area contributed by atoms with Gasteiger partial charge in [0.25, 0.3) is 0 Å². The van der Waals surface area contributed by atoms with Crippen LogP contribution in [0, 0.1) is 5.41 Å². The number of aliphatic hydroxyl groups is 1. The lowest BCUT2D eigenvalue weighted by Crippen LogP contribution is -2.45. The fourth-order valence-electron chi connectivity index (χ4n) is 2.70. The van der Waals surface area contributed by atoms with E-state index in [2.05, 4.69) is 5.32 Å². The molecule has 2 atom stereocenters. The zero-order valence-corrected chi connectivity index (χ0v) is 11.9. The van der Waals surface area contributed by atoms with Crippen LogP contribution < -0.4 is 5.32 Å². The Labute approximate surface area is 119 Å². The summed E-state index contributed by atoms with van der Waals surface area (Å²) >= 11 is 5.81. The van der Waals surface area contributed by atoms with E-state index in [4.69, 9.17) is 11.6 Å². The monoisotopic (exact) mass is 281 g/mol. The summed E-state index contributed by atoms with van der Waals surface area (Å²) in [7, 11) is 0. The van der Waals surface area contributed by atoms with E-state index in [9.17, 15) is 9.90 Å². The molecule has 1 amide bonds. The van der Waals surface area contributed by atoms with Crippen LogP contribution in [0.3, 0.4) is 0 Å². The average molecular weight is 282 g/mol. The van der Waals surface area contributed by atoms with Gasteiger partial charge in [0.15, 0.2) is 0 Å². The van der Waals surface area contributed by atoms with Gasteiger partial charge in [0.2, 0.25) is 5.91 Å². The summed E-state index contributed by atoms with van der Waals surface area (Å²) in [6.07, 6.45) is 3.33. The fraction of sp³-hybridized carbons (Fsp3) is 0.533. The SMILES string of the molecule is CC1(CO)CCCC1NC(=O)Cc1ccc(Cl)cc1. The first kappa shape index (κ1) is 14.4. The summed E-state index contributed by atoms with van der Waals surface area (Å²) in [5.74, 6) is 0.00824. The maximum Gasteiger partial charge on any atom is 0.224 e. The van der Waals surface area contributed by atoms with E-state index >= 15 is 0 Å². The highest BCUT2D eigenvalue weighted by molar-refractivity contribution is 6.30. The van der Waals surface area contributed by atoms with E-state index in [0.717, 1.165) is 24.8 Å². The quantitative estimate of drug-likeness (QED) is 0.891. The minimum atomic E-state index is -0.171. The number of hydrogen-bond donors (Lipinski definition) is 2. The molecule has 2 rings (SSSR count). The molecule has 2 unspecified atom stereocenters. The van der Waals surface area contributed by atoms with Gasteiger partial charge in [0.05, 0.1) is 13.0 Å². The van der Waals surface area contributed by atoms with Gasteiger partial charge >= 0.3 is 0 Å². The van der Waals surface area contributed by atoms with Gasteiger partial charge in [-0.1, -0.05) is 37.1 Å². The second kappa shape index (κ2) is 5.93. The molecule has 0 radical (unpaired) electrons. The maximum atomic E-state index is 12.0. The maximum absolute atomic E-state index is 12.0. The molecule has 4 heteroatoms. The Hall–Kier alpha value is -1.06. The van der Waals surface area contributed by atoms with Crippen molar-refractivity contribution < 1.29 is 9.90 Å². The molecule has 2 N–H and O–H groups in total. The van der Waals surface area contributed by atoms with Gasteiger partial charge in [-0.15, -0.1) is 0 Å². The third-order valence-electron chi connectivity index (χ3n) is 4.06. The van der Waals surface area contributed by atoms with Gasteiger partial charge in [-0.2, -0.15) is 0 Å². The number of aliphatic hydroxyl groups excluding tert-OH is 1. The second-order valence-electron chi connectivity index (χ2n) is 5.63. The normalized spacial score (nSPS) is 26.4. The van der Waals surface area contributed by atoms with E-state index in [1.807, 2.05) is 19.1 Å². The predicted octanol–water partition coefficient (Wildman–Crippen LogP) is 2.55. The highest BCUT2D eigenvalue weighted by atomic mass is 35.5. The van der Waals surface area contributed by atoms with Crippen molar-refractivity contribution in [1.82, 2.24) is 5.32 Å². The second-order valence-corrected chi connectivity index (χ2v) is 6.06. The number of hydrogen-bond acceptors (Lipinski definition) is 2. The largest absolute Gasteiger partial charge is 0.396 e. The lowest BCUT2D eigenvalue weighted by Gasteiger charge is -2.30. The molecule has 1 fully saturated rings. The molecule has 0 bridgehead atoms. The van der Waals surface area contributed by atoms with Gasteiger partial charge in [-0.25, -0.2) is 0 Å². The number of nitrogens with one attached hydrogen (secondary N) is 1. The minimum Gasteiger partial charge on any atom is -0.396 e. The highest BCUT2D eigenvalue weighted by Gasteiger charge is 2.38. The van der Waals surface area contributed by atoms with Crippen molar-refractivity contribution in [3.8, 4) is 0 Å². The predicted molar refractivity (Wildman–Crippen MR) is 76.1 cm³/mol. The first-order valence-electron chi connectivity index (χ1n) is 6.68. The number of rotatable bonds is 4.